The summed E-state index contributed by atoms with van der Waals surface area (Å²) in [7, 11) is 1.79. The summed E-state index contributed by atoms with van der Waals surface area (Å²) in [6.07, 6.45) is 5.83. The zero-order chi connectivity index (χ0) is 21.6. The summed E-state index contributed by atoms with van der Waals surface area (Å²) in [4.78, 5) is 0. The molecular weight excluding hydrogens is 266 g/mol. The van der Waals surface area contributed by atoms with E-state index in [1.165, 1.54) is 0 Å². The Labute approximate surface area is 144 Å². The molecule has 1 fully saturated rings. The maximum absolute atomic E-state index is 9.05. The highest BCUT2D eigenvalue weighted by molar-refractivity contribution is 5.63. The van der Waals surface area contributed by atoms with Crippen LogP contribution in [0.2, 0.25) is 0 Å². The highest BCUT2D eigenvalue weighted by Crippen LogP contribution is 2.37. The lowest BCUT2D eigenvalue weighted by Gasteiger charge is -2.24. The normalized spacial score (nSPS) is 23.3. The van der Waals surface area contributed by atoms with Crippen molar-refractivity contribution in [3.63, 3.8) is 0 Å². The SMILES string of the molecule is [2H]C([2H])([2H])c1ccc(-c2cc(C3([2H])CCCCC3)c(C([2H])([2H])[2H])cc2C)[n+](C)c1. The van der Waals surface area contributed by atoms with Crippen LogP contribution in [0.3, 0.4) is 0 Å². The van der Waals surface area contributed by atoms with Crippen molar-refractivity contribution in [2.75, 3.05) is 0 Å². The molecule has 1 heteroatoms. The van der Waals surface area contributed by atoms with E-state index in [1.807, 2.05) is 13.0 Å². The predicted octanol–water partition coefficient (Wildman–Crippen LogP) is 5.15. The third-order valence-electron chi connectivity index (χ3n) is 4.61. The Kier molecular flexibility index (Phi) is 2.51. The fourth-order valence-corrected chi connectivity index (χ4v) is 3.41. The van der Waals surface area contributed by atoms with Crippen molar-refractivity contribution in [2.45, 2.75) is 58.6 Å². The van der Waals surface area contributed by atoms with Gasteiger partial charge in [0.25, 0.3) is 0 Å². The van der Waals surface area contributed by atoms with E-state index in [9.17, 15) is 0 Å². The second-order valence-electron chi connectivity index (χ2n) is 6.29. The Morgan fingerprint density at radius 2 is 1.91 bits per heavy atom. The molecule has 0 unspecified atom stereocenters. The van der Waals surface area contributed by atoms with Crippen molar-refractivity contribution in [1.29, 1.82) is 0 Å². The first-order valence-corrected chi connectivity index (χ1v) is 7.99. The molecule has 0 bridgehead atoms. The van der Waals surface area contributed by atoms with E-state index in [4.69, 9.17) is 9.60 Å². The van der Waals surface area contributed by atoms with Crippen LogP contribution < -0.4 is 4.57 Å². The molecule has 0 radical (unpaired) electrons. The van der Waals surface area contributed by atoms with E-state index >= 15 is 0 Å². The molecule has 1 nitrogen and oxygen atoms in total. The van der Waals surface area contributed by atoms with Crippen LogP contribution in [0, 0.1) is 20.6 Å². The first-order valence-electron chi connectivity index (χ1n) is 11.5. The van der Waals surface area contributed by atoms with Crippen LogP contribution >= 0.6 is 0 Å². The Bertz CT molecular complexity index is 906. The minimum atomic E-state index is -2.28. The highest BCUT2D eigenvalue weighted by atomic mass is 14.9. The summed E-state index contributed by atoms with van der Waals surface area (Å²) >= 11 is 0. The second-order valence-corrected chi connectivity index (χ2v) is 6.29. The molecule has 1 aromatic heterocycles. The standard InChI is InChI=1S/C21H28N/c1-15-10-11-21(22(4)14-15)20-13-19(16(2)12-17(20)3)18-8-6-5-7-9-18/h10-14,18H,5-9H2,1-4H3/q+1/i1D3,2D3,18D. The molecule has 1 aliphatic rings. The summed E-state index contributed by atoms with van der Waals surface area (Å²) in [5.74, 6) is -0.901. The van der Waals surface area contributed by atoms with Gasteiger partial charge < -0.3 is 0 Å². The molecule has 1 aliphatic carbocycles. The lowest BCUT2D eigenvalue weighted by Crippen LogP contribution is -2.31. The Morgan fingerprint density at radius 1 is 1.09 bits per heavy atom. The molecule has 2 aromatic rings. The highest BCUT2D eigenvalue weighted by Gasteiger charge is 2.21. The summed E-state index contributed by atoms with van der Waals surface area (Å²) in [5, 5.41) is 0. The van der Waals surface area contributed by atoms with Crippen molar-refractivity contribution in [3.8, 4) is 11.3 Å². The van der Waals surface area contributed by atoms with Gasteiger partial charge in [-0.15, -0.1) is 0 Å². The molecule has 0 amide bonds. The average Bonchev–Trinajstić information content (AvgIpc) is 2.60. The minimum absolute atomic E-state index is 0.255. The van der Waals surface area contributed by atoms with Crippen molar-refractivity contribution in [2.24, 2.45) is 7.05 Å². The number of aromatic nitrogens is 1. The fraction of sp³-hybridized carbons (Fsp3) is 0.476. The van der Waals surface area contributed by atoms with Gasteiger partial charge in [0.1, 0.15) is 7.05 Å². The molecule has 116 valence electrons. The predicted molar refractivity (Wildman–Crippen MR) is 93.1 cm³/mol. The van der Waals surface area contributed by atoms with Crippen molar-refractivity contribution in [3.05, 3.63) is 52.7 Å². The molecule has 0 spiro atoms. The maximum Gasteiger partial charge on any atom is 0.212 e. The van der Waals surface area contributed by atoms with Crippen LogP contribution in [0.4, 0.5) is 0 Å². The number of pyridine rings is 1. The van der Waals surface area contributed by atoms with E-state index in [0.717, 1.165) is 36.1 Å². The third kappa shape index (κ3) is 2.95. The summed E-state index contributed by atoms with van der Waals surface area (Å²) in [6.45, 7) is -2.60. The van der Waals surface area contributed by atoms with Crippen LogP contribution in [0.1, 0.15) is 69.8 Å². The Morgan fingerprint density at radius 3 is 2.59 bits per heavy atom. The van der Waals surface area contributed by atoms with Gasteiger partial charge in [-0.3, -0.25) is 0 Å². The molecule has 3 rings (SSSR count). The van der Waals surface area contributed by atoms with Gasteiger partial charge >= 0.3 is 0 Å². The number of benzene rings is 1. The van der Waals surface area contributed by atoms with E-state index in [2.05, 4.69) is 0 Å². The van der Waals surface area contributed by atoms with Crippen molar-refractivity contribution >= 4 is 0 Å². The van der Waals surface area contributed by atoms with Crippen LogP contribution in [0.25, 0.3) is 11.3 Å². The van der Waals surface area contributed by atoms with Crippen LogP contribution in [-0.4, -0.2) is 0 Å². The molecule has 1 aromatic carbocycles. The molecule has 0 N–H and O–H groups in total. The first kappa shape index (κ1) is 8.86. The number of hydrogen-bond donors (Lipinski definition) is 0. The molecule has 22 heavy (non-hydrogen) atoms. The lowest BCUT2D eigenvalue weighted by molar-refractivity contribution is -0.660. The molecule has 0 atom stereocenters. The molecule has 0 saturated heterocycles. The molecule has 0 aliphatic heterocycles. The monoisotopic (exact) mass is 301 g/mol. The number of rotatable bonds is 2. The minimum Gasteiger partial charge on any atom is -0.201 e. The zero-order valence-corrected chi connectivity index (χ0v) is 13.4. The summed E-state index contributed by atoms with van der Waals surface area (Å²) < 4.78 is 57.7. The number of aryl methyl sites for hydroxylation is 4. The third-order valence-corrected chi connectivity index (χ3v) is 4.61. The number of nitrogens with zero attached hydrogens (tertiary/aromatic N) is 1. The van der Waals surface area contributed by atoms with E-state index in [0.29, 0.717) is 18.4 Å². The van der Waals surface area contributed by atoms with E-state index in [-0.39, 0.29) is 11.1 Å². The largest absolute Gasteiger partial charge is 0.212 e. The summed E-state index contributed by atoms with van der Waals surface area (Å²) in [5.41, 5.74) is 3.54. The van der Waals surface area contributed by atoms with E-state index in [1.54, 1.807) is 36.0 Å². The van der Waals surface area contributed by atoms with Crippen LogP contribution in [0.15, 0.2) is 30.5 Å². The van der Waals surface area contributed by atoms with Crippen LogP contribution in [0.5, 0.6) is 0 Å². The fourth-order valence-electron chi connectivity index (χ4n) is 3.41. The average molecular weight is 302 g/mol. The molecular formula is C21H28N+. The zero-order valence-electron chi connectivity index (χ0n) is 20.4. The first-order chi connectivity index (χ1) is 13.3. The van der Waals surface area contributed by atoms with Gasteiger partial charge in [-0.1, -0.05) is 25.3 Å². The van der Waals surface area contributed by atoms with Crippen LogP contribution in [-0.2, 0) is 7.05 Å². The lowest BCUT2D eigenvalue weighted by atomic mass is 9.81. The smallest absolute Gasteiger partial charge is 0.201 e. The van der Waals surface area contributed by atoms with Gasteiger partial charge in [-0.2, -0.15) is 0 Å². The van der Waals surface area contributed by atoms with Gasteiger partial charge in [0.05, 0.1) is 0 Å². The van der Waals surface area contributed by atoms with Gasteiger partial charge in [-0.25, -0.2) is 4.57 Å². The Hall–Kier alpha value is -1.63. The summed E-state index contributed by atoms with van der Waals surface area (Å²) in [6, 6.07) is 6.91. The molecule has 1 heterocycles. The molecule has 1 saturated carbocycles. The van der Waals surface area contributed by atoms with Crippen molar-refractivity contribution in [1.82, 2.24) is 0 Å². The van der Waals surface area contributed by atoms with Gasteiger partial charge in [-0.05, 0) is 68.2 Å². The van der Waals surface area contributed by atoms with Crippen molar-refractivity contribution < 1.29 is 14.2 Å². The Balaban J connectivity index is 2.20. The quantitative estimate of drug-likeness (QED) is 0.675. The van der Waals surface area contributed by atoms with E-state index < -0.39 is 19.6 Å². The number of hydrogen-bond acceptors (Lipinski definition) is 0. The van der Waals surface area contributed by atoms with Gasteiger partial charge in [0.2, 0.25) is 5.69 Å². The topological polar surface area (TPSA) is 3.88 Å². The van der Waals surface area contributed by atoms with Gasteiger partial charge in [0, 0.05) is 26.8 Å². The second kappa shape index (κ2) is 6.24. The maximum atomic E-state index is 9.05. The van der Waals surface area contributed by atoms with Gasteiger partial charge in [0.15, 0.2) is 6.20 Å².